The third kappa shape index (κ3) is 3.59. The molecule has 1 atom stereocenters. The maximum absolute atomic E-state index is 12.5. The highest BCUT2D eigenvalue weighted by Crippen LogP contribution is 2.11. The Labute approximate surface area is 134 Å². The van der Waals surface area contributed by atoms with E-state index in [2.05, 4.69) is 15.6 Å². The summed E-state index contributed by atoms with van der Waals surface area (Å²) in [6, 6.07) is 5.77. The topological polar surface area (TPSA) is 76.0 Å². The lowest BCUT2D eigenvalue weighted by atomic mass is 10.1. The smallest absolute Gasteiger partial charge is 0.261 e. The van der Waals surface area contributed by atoms with Crippen LogP contribution in [0.5, 0.6) is 0 Å². The summed E-state index contributed by atoms with van der Waals surface area (Å²) >= 11 is 0. The van der Waals surface area contributed by atoms with Crippen molar-refractivity contribution in [1.29, 1.82) is 0 Å². The molecule has 0 spiro atoms. The second kappa shape index (κ2) is 6.91. The number of hydrogen-bond acceptors (Lipinski definition) is 4. The maximum Gasteiger partial charge on any atom is 0.261 e. The second-order valence-electron chi connectivity index (χ2n) is 6.07. The van der Waals surface area contributed by atoms with Crippen molar-refractivity contribution in [3.63, 3.8) is 0 Å². The van der Waals surface area contributed by atoms with E-state index in [1.54, 1.807) is 6.07 Å². The van der Waals surface area contributed by atoms with E-state index in [1.807, 2.05) is 19.1 Å². The van der Waals surface area contributed by atoms with Gasteiger partial charge in [0.15, 0.2) is 0 Å². The van der Waals surface area contributed by atoms with Gasteiger partial charge in [-0.05, 0) is 37.9 Å². The fraction of sp³-hybridized carbons (Fsp3) is 0.471. The van der Waals surface area contributed by atoms with Gasteiger partial charge in [0.1, 0.15) is 0 Å². The van der Waals surface area contributed by atoms with E-state index in [4.69, 9.17) is 0 Å². The lowest BCUT2D eigenvalue weighted by molar-refractivity contribution is -0.122. The fourth-order valence-corrected chi connectivity index (χ4v) is 2.99. The molecule has 6 nitrogen and oxygen atoms in total. The van der Waals surface area contributed by atoms with Crippen molar-refractivity contribution >= 4 is 16.8 Å². The van der Waals surface area contributed by atoms with E-state index in [0.717, 1.165) is 37.0 Å². The zero-order valence-electron chi connectivity index (χ0n) is 13.3. The average molecular weight is 314 g/mol. The second-order valence-corrected chi connectivity index (χ2v) is 6.07. The van der Waals surface area contributed by atoms with E-state index in [1.165, 1.54) is 10.9 Å². The first kappa shape index (κ1) is 15.7. The summed E-state index contributed by atoms with van der Waals surface area (Å²) in [7, 11) is 0. The molecule has 1 saturated heterocycles. The third-order valence-corrected chi connectivity index (χ3v) is 4.30. The number of carbonyl (C=O) groups is 1. The molecule has 122 valence electrons. The van der Waals surface area contributed by atoms with Gasteiger partial charge in [-0.2, -0.15) is 0 Å². The number of nitrogens with zero attached hydrogens (tertiary/aromatic N) is 2. The van der Waals surface area contributed by atoms with Crippen molar-refractivity contribution in [2.45, 2.75) is 38.8 Å². The number of aryl methyl sites for hydroxylation is 2. The van der Waals surface area contributed by atoms with E-state index < -0.39 is 0 Å². The van der Waals surface area contributed by atoms with Gasteiger partial charge in [0.2, 0.25) is 5.91 Å². The fourth-order valence-electron chi connectivity index (χ4n) is 2.99. The van der Waals surface area contributed by atoms with Gasteiger partial charge in [-0.15, -0.1) is 0 Å². The first-order valence-corrected chi connectivity index (χ1v) is 8.10. The van der Waals surface area contributed by atoms with Crippen molar-refractivity contribution < 1.29 is 4.79 Å². The zero-order chi connectivity index (χ0) is 16.2. The number of amides is 1. The van der Waals surface area contributed by atoms with Crippen LogP contribution < -0.4 is 16.2 Å². The normalized spacial score (nSPS) is 18.0. The lowest BCUT2D eigenvalue weighted by Gasteiger charge is -2.23. The molecule has 23 heavy (non-hydrogen) atoms. The van der Waals surface area contributed by atoms with Gasteiger partial charge < -0.3 is 10.6 Å². The van der Waals surface area contributed by atoms with Crippen LogP contribution in [0, 0.1) is 6.92 Å². The van der Waals surface area contributed by atoms with E-state index in [0.29, 0.717) is 11.9 Å². The summed E-state index contributed by atoms with van der Waals surface area (Å²) in [4.78, 5) is 28.9. The van der Waals surface area contributed by atoms with Gasteiger partial charge in [-0.25, -0.2) is 4.98 Å². The number of carbonyl (C=O) groups excluding carboxylic acids is 1. The molecule has 0 radical (unpaired) electrons. The van der Waals surface area contributed by atoms with Crippen LogP contribution in [0.2, 0.25) is 0 Å². The van der Waals surface area contributed by atoms with Crippen molar-refractivity contribution in [2.75, 3.05) is 13.1 Å². The zero-order valence-corrected chi connectivity index (χ0v) is 13.3. The van der Waals surface area contributed by atoms with Crippen LogP contribution in [0.1, 0.15) is 24.8 Å². The molecule has 1 unspecified atom stereocenters. The molecule has 0 aliphatic carbocycles. The molecule has 2 N–H and O–H groups in total. The van der Waals surface area contributed by atoms with Crippen LogP contribution in [0.25, 0.3) is 10.9 Å². The van der Waals surface area contributed by atoms with Gasteiger partial charge in [0, 0.05) is 25.6 Å². The lowest BCUT2D eigenvalue weighted by Crippen LogP contribution is -2.45. The van der Waals surface area contributed by atoms with Crippen molar-refractivity contribution in [1.82, 2.24) is 20.2 Å². The Bertz CT molecular complexity index is 763. The minimum atomic E-state index is -0.0918. The number of hydrogen-bond donors (Lipinski definition) is 2. The largest absolute Gasteiger partial charge is 0.352 e. The molecule has 0 saturated carbocycles. The Morgan fingerprint density at radius 1 is 1.48 bits per heavy atom. The van der Waals surface area contributed by atoms with Crippen molar-refractivity contribution in [2.24, 2.45) is 0 Å². The number of rotatable bonds is 4. The summed E-state index contributed by atoms with van der Waals surface area (Å²) in [6.07, 6.45) is 3.91. The highest BCUT2D eigenvalue weighted by molar-refractivity contribution is 5.80. The molecule has 1 aliphatic rings. The Morgan fingerprint density at radius 3 is 3.13 bits per heavy atom. The molecule has 0 bridgehead atoms. The molecule has 3 rings (SSSR count). The average Bonchev–Trinajstić information content (AvgIpc) is 2.56. The van der Waals surface area contributed by atoms with Gasteiger partial charge in [0.05, 0.1) is 17.2 Å². The Hall–Kier alpha value is -2.21. The van der Waals surface area contributed by atoms with Crippen molar-refractivity contribution in [3.05, 3.63) is 40.4 Å². The molecular formula is C17H22N4O2. The molecule has 1 amide bonds. The van der Waals surface area contributed by atoms with Crippen LogP contribution in [0.4, 0.5) is 0 Å². The van der Waals surface area contributed by atoms with Crippen LogP contribution in [0.15, 0.2) is 29.3 Å². The molecular weight excluding hydrogens is 292 g/mol. The molecule has 1 fully saturated rings. The summed E-state index contributed by atoms with van der Waals surface area (Å²) in [5, 5.41) is 6.89. The number of benzene rings is 1. The number of fused-ring (bicyclic) bond motifs is 1. The predicted molar refractivity (Wildman–Crippen MR) is 89.4 cm³/mol. The van der Waals surface area contributed by atoms with Crippen LogP contribution >= 0.6 is 0 Å². The number of aromatic nitrogens is 2. The minimum Gasteiger partial charge on any atom is -0.352 e. The predicted octanol–water partition coefficient (Wildman–Crippen LogP) is 0.963. The molecule has 1 aliphatic heterocycles. The summed E-state index contributed by atoms with van der Waals surface area (Å²) in [5.74, 6) is -0.0186. The Morgan fingerprint density at radius 2 is 2.35 bits per heavy atom. The first-order valence-electron chi connectivity index (χ1n) is 8.10. The standard InChI is InChI=1S/C17H22N4O2/c1-12-4-2-6-14-16(12)19-11-21(17(14)23)9-7-15(22)20-13-5-3-8-18-10-13/h2,4,6,11,13,18H,3,5,7-10H2,1H3,(H,20,22). The number of para-hydroxylation sites is 1. The van der Waals surface area contributed by atoms with Crippen LogP contribution in [-0.2, 0) is 11.3 Å². The van der Waals surface area contributed by atoms with Crippen molar-refractivity contribution in [3.8, 4) is 0 Å². The van der Waals surface area contributed by atoms with E-state index in [-0.39, 0.29) is 23.9 Å². The monoisotopic (exact) mass is 314 g/mol. The third-order valence-electron chi connectivity index (χ3n) is 4.30. The quantitative estimate of drug-likeness (QED) is 0.881. The molecule has 6 heteroatoms. The summed E-state index contributed by atoms with van der Waals surface area (Å²) in [6.45, 7) is 4.12. The molecule has 2 aromatic rings. The highest BCUT2D eigenvalue weighted by atomic mass is 16.2. The highest BCUT2D eigenvalue weighted by Gasteiger charge is 2.15. The summed E-state index contributed by atoms with van der Waals surface area (Å²) in [5.41, 5.74) is 1.62. The summed E-state index contributed by atoms with van der Waals surface area (Å²) < 4.78 is 1.51. The number of nitrogens with one attached hydrogen (secondary N) is 2. The minimum absolute atomic E-state index is 0.0186. The van der Waals surface area contributed by atoms with E-state index in [9.17, 15) is 9.59 Å². The maximum atomic E-state index is 12.5. The SMILES string of the molecule is Cc1cccc2c(=O)n(CCC(=O)NC3CCCNC3)cnc12. The Balaban J connectivity index is 1.66. The van der Waals surface area contributed by atoms with Gasteiger partial charge in [-0.1, -0.05) is 12.1 Å². The first-order chi connectivity index (χ1) is 11.1. The van der Waals surface area contributed by atoms with Gasteiger partial charge in [-0.3, -0.25) is 14.2 Å². The van der Waals surface area contributed by atoms with Gasteiger partial charge in [0.25, 0.3) is 5.56 Å². The molecule has 2 heterocycles. The molecule has 1 aromatic heterocycles. The van der Waals surface area contributed by atoms with E-state index >= 15 is 0 Å². The Kier molecular flexibility index (Phi) is 4.71. The van der Waals surface area contributed by atoms with Gasteiger partial charge >= 0.3 is 0 Å². The number of piperidine rings is 1. The van der Waals surface area contributed by atoms with Crippen LogP contribution in [-0.4, -0.2) is 34.6 Å². The van der Waals surface area contributed by atoms with Crippen LogP contribution in [0.3, 0.4) is 0 Å². The molecule has 1 aromatic carbocycles.